The lowest BCUT2D eigenvalue weighted by atomic mass is 9.92. The Labute approximate surface area is 167 Å². The molecule has 0 aliphatic heterocycles. The largest absolute Gasteiger partial charge is 0.430 e. The summed E-state index contributed by atoms with van der Waals surface area (Å²) in [7, 11) is 0. The smallest absolute Gasteiger partial charge is 0.369 e. The van der Waals surface area contributed by atoms with Crippen molar-refractivity contribution in [3.63, 3.8) is 0 Å². The minimum Gasteiger partial charge on any atom is -0.369 e. The molecule has 0 aliphatic rings. The van der Waals surface area contributed by atoms with Gasteiger partial charge in [-0.3, -0.25) is 4.79 Å². The monoisotopic (exact) mass is 439 g/mol. The summed E-state index contributed by atoms with van der Waals surface area (Å²) in [6.07, 6.45) is -12.1. The molecule has 0 atom stereocenters. The number of hydrogen-bond donors (Lipinski definition) is 1. The van der Waals surface area contributed by atoms with E-state index in [0.29, 0.717) is 17.7 Å². The summed E-state index contributed by atoms with van der Waals surface area (Å²) in [5.41, 5.74) is -5.97. The van der Waals surface area contributed by atoms with E-state index in [1.165, 1.54) is 0 Å². The fraction of sp³-hybridized carbons (Fsp3) is 0.316. The Kier molecular flexibility index (Phi) is 6.54. The van der Waals surface area contributed by atoms with Gasteiger partial charge in [0.05, 0.1) is 17.1 Å². The molecule has 2 aromatic carbocycles. The number of anilines is 1. The van der Waals surface area contributed by atoms with Crippen LogP contribution in [0.2, 0.25) is 5.02 Å². The summed E-state index contributed by atoms with van der Waals surface area (Å²) < 4.78 is 78.2. The fourth-order valence-electron chi connectivity index (χ4n) is 2.79. The van der Waals surface area contributed by atoms with Crippen molar-refractivity contribution in [2.45, 2.75) is 31.3 Å². The van der Waals surface area contributed by atoms with Crippen LogP contribution in [-0.2, 0) is 16.8 Å². The Balaban J connectivity index is 2.42. The van der Waals surface area contributed by atoms with Gasteiger partial charge < -0.3 is 10.0 Å². The molecule has 0 saturated heterocycles. The van der Waals surface area contributed by atoms with Crippen LogP contribution in [0.25, 0.3) is 0 Å². The number of nitrogens with zero attached hydrogens (tertiary/aromatic N) is 1. The van der Waals surface area contributed by atoms with Crippen LogP contribution in [0.3, 0.4) is 0 Å². The van der Waals surface area contributed by atoms with Crippen LogP contribution in [0.5, 0.6) is 0 Å². The number of carbonyl (C=O) groups is 1. The SMILES string of the molecule is CCN(C(=O)Cc1ccccc1)c1ccc(C(O)(C(F)(F)F)C(F)(F)F)cc1Cl. The Bertz CT molecular complexity index is 853. The predicted molar refractivity (Wildman–Crippen MR) is 95.6 cm³/mol. The molecule has 10 heteroatoms. The maximum atomic E-state index is 13.0. The Morgan fingerprint density at radius 2 is 1.55 bits per heavy atom. The van der Waals surface area contributed by atoms with Gasteiger partial charge in [0.15, 0.2) is 0 Å². The molecule has 0 aromatic heterocycles. The molecule has 2 aromatic rings. The van der Waals surface area contributed by atoms with E-state index >= 15 is 0 Å². The zero-order valence-electron chi connectivity index (χ0n) is 15.0. The lowest BCUT2D eigenvalue weighted by Gasteiger charge is -2.33. The minimum absolute atomic E-state index is 0.0399. The molecule has 1 N–H and O–H groups in total. The highest BCUT2D eigenvalue weighted by atomic mass is 35.5. The van der Waals surface area contributed by atoms with Crippen molar-refractivity contribution in [1.82, 2.24) is 0 Å². The number of alkyl halides is 6. The first-order valence-electron chi connectivity index (χ1n) is 8.33. The zero-order chi connectivity index (χ0) is 22.0. The first kappa shape index (κ1) is 23.0. The van der Waals surface area contributed by atoms with Crippen LogP contribution < -0.4 is 4.90 Å². The number of benzene rings is 2. The van der Waals surface area contributed by atoms with E-state index < -0.39 is 34.4 Å². The van der Waals surface area contributed by atoms with Crippen LogP contribution in [0.15, 0.2) is 48.5 Å². The summed E-state index contributed by atoms with van der Waals surface area (Å²) in [5.74, 6) is -0.449. The van der Waals surface area contributed by atoms with Gasteiger partial charge in [-0.15, -0.1) is 0 Å². The van der Waals surface area contributed by atoms with E-state index in [0.717, 1.165) is 11.0 Å². The van der Waals surface area contributed by atoms with Gasteiger partial charge in [-0.1, -0.05) is 48.0 Å². The molecule has 0 radical (unpaired) electrons. The van der Waals surface area contributed by atoms with Crippen molar-refractivity contribution in [3.8, 4) is 0 Å². The molecule has 29 heavy (non-hydrogen) atoms. The third kappa shape index (κ3) is 4.51. The number of rotatable bonds is 5. The molecule has 3 nitrogen and oxygen atoms in total. The van der Waals surface area contributed by atoms with Crippen molar-refractivity contribution < 1.29 is 36.2 Å². The number of likely N-dealkylation sites (N-methyl/N-ethyl adjacent to an activating group) is 1. The number of halogens is 7. The molecule has 0 fully saturated rings. The first-order chi connectivity index (χ1) is 13.3. The van der Waals surface area contributed by atoms with Gasteiger partial charge in [0.1, 0.15) is 0 Å². The van der Waals surface area contributed by atoms with Crippen LogP contribution in [0.4, 0.5) is 32.0 Å². The fourth-order valence-corrected chi connectivity index (χ4v) is 3.07. The molecule has 2 rings (SSSR count). The molecule has 1 amide bonds. The highest BCUT2D eigenvalue weighted by molar-refractivity contribution is 6.34. The Morgan fingerprint density at radius 3 is 2.00 bits per heavy atom. The van der Waals surface area contributed by atoms with Crippen molar-refractivity contribution in [1.29, 1.82) is 0 Å². The number of hydrogen-bond acceptors (Lipinski definition) is 2. The van der Waals surface area contributed by atoms with Crippen molar-refractivity contribution in [3.05, 3.63) is 64.7 Å². The molecule has 0 saturated carbocycles. The van der Waals surface area contributed by atoms with E-state index in [4.69, 9.17) is 11.6 Å². The number of aliphatic hydroxyl groups is 1. The topological polar surface area (TPSA) is 40.5 Å². The van der Waals surface area contributed by atoms with E-state index in [1.54, 1.807) is 37.3 Å². The minimum atomic E-state index is -6.02. The predicted octanol–water partition coefficient (Wildman–Crippen LogP) is 5.25. The Morgan fingerprint density at radius 1 is 1.00 bits per heavy atom. The van der Waals surface area contributed by atoms with Crippen LogP contribution >= 0.6 is 11.6 Å². The van der Waals surface area contributed by atoms with E-state index in [1.807, 2.05) is 0 Å². The van der Waals surface area contributed by atoms with Crippen LogP contribution in [0.1, 0.15) is 18.1 Å². The highest BCUT2D eigenvalue weighted by Gasteiger charge is 2.71. The number of carbonyl (C=O) groups excluding carboxylic acids is 1. The van der Waals surface area contributed by atoms with Crippen molar-refractivity contribution >= 4 is 23.2 Å². The first-order valence-corrected chi connectivity index (χ1v) is 8.70. The average Bonchev–Trinajstić information content (AvgIpc) is 2.61. The molecule has 0 bridgehead atoms. The molecular weight excluding hydrogens is 424 g/mol. The summed E-state index contributed by atoms with van der Waals surface area (Å²) in [6.45, 7) is 1.66. The normalized spacial score (nSPS) is 12.7. The van der Waals surface area contributed by atoms with Gasteiger partial charge in [-0.05, 0) is 24.6 Å². The summed E-state index contributed by atoms with van der Waals surface area (Å²) in [6, 6.07) is 10.3. The molecular formula is C19H16ClF6NO2. The van der Waals surface area contributed by atoms with Gasteiger partial charge in [0, 0.05) is 12.1 Å². The quantitative estimate of drug-likeness (QED) is 0.647. The lowest BCUT2D eigenvalue weighted by molar-refractivity contribution is -0.376. The highest BCUT2D eigenvalue weighted by Crippen LogP contribution is 2.50. The third-order valence-corrected chi connectivity index (χ3v) is 4.59. The molecule has 0 unspecified atom stereocenters. The third-order valence-electron chi connectivity index (χ3n) is 4.29. The molecule has 0 spiro atoms. The van der Waals surface area contributed by atoms with E-state index in [2.05, 4.69) is 0 Å². The van der Waals surface area contributed by atoms with Crippen molar-refractivity contribution in [2.24, 2.45) is 0 Å². The molecule has 0 heterocycles. The van der Waals surface area contributed by atoms with E-state index in [-0.39, 0.29) is 18.7 Å². The van der Waals surface area contributed by atoms with Gasteiger partial charge in [-0.25, -0.2) is 0 Å². The van der Waals surface area contributed by atoms with Gasteiger partial charge in [0.25, 0.3) is 5.60 Å². The Hall–Kier alpha value is -2.26. The average molecular weight is 440 g/mol. The molecule has 0 aliphatic carbocycles. The number of amides is 1. The van der Waals surface area contributed by atoms with Gasteiger partial charge in [-0.2, -0.15) is 26.3 Å². The summed E-state index contributed by atoms with van der Waals surface area (Å²) >= 11 is 5.92. The van der Waals surface area contributed by atoms with E-state index in [9.17, 15) is 36.2 Å². The van der Waals surface area contributed by atoms with Crippen LogP contribution in [0, 0.1) is 0 Å². The lowest BCUT2D eigenvalue weighted by Crippen LogP contribution is -2.53. The maximum absolute atomic E-state index is 13.0. The summed E-state index contributed by atoms with van der Waals surface area (Å²) in [4.78, 5) is 13.7. The maximum Gasteiger partial charge on any atom is 0.430 e. The second kappa shape index (κ2) is 8.23. The second-order valence-corrected chi connectivity index (χ2v) is 6.58. The van der Waals surface area contributed by atoms with Crippen LogP contribution in [-0.4, -0.2) is 29.9 Å². The zero-order valence-corrected chi connectivity index (χ0v) is 15.7. The second-order valence-electron chi connectivity index (χ2n) is 6.17. The standard InChI is InChI=1S/C19H16ClF6NO2/c1-2-27(16(28)10-12-6-4-3-5-7-12)15-9-8-13(11-14(15)20)17(29,18(21,22)23)19(24,25)26/h3-9,11,29H,2,10H2,1H3. The summed E-state index contributed by atoms with van der Waals surface area (Å²) in [5, 5.41) is 8.95. The van der Waals surface area contributed by atoms with Gasteiger partial charge in [0.2, 0.25) is 5.91 Å². The van der Waals surface area contributed by atoms with Crippen molar-refractivity contribution in [2.75, 3.05) is 11.4 Å². The van der Waals surface area contributed by atoms with Gasteiger partial charge >= 0.3 is 12.4 Å². The molecule has 158 valence electrons.